The Kier molecular flexibility index (Phi) is 4.14. The van der Waals surface area contributed by atoms with Crippen LogP contribution >= 0.6 is 0 Å². The Labute approximate surface area is 40.5 Å². The van der Waals surface area contributed by atoms with Gasteiger partial charge < -0.3 is 0 Å². The molecule has 0 saturated carbocycles. The molecule has 0 unspecified atom stereocenters. The maximum absolute atomic E-state index is 2.84. The molecule has 0 aliphatic rings. The SMILES string of the molecule is [Mn]#[C][C]#[Mn]. The van der Waals surface area contributed by atoms with E-state index in [0.29, 0.717) is 0 Å². The summed E-state index contributed by atoms with van der Waals surface area (Å²) in [5, 5.41) is 0. The van der Waals surface area contributed by atoms with Crippen molar-refractivity contribution in [3.8, 4) is 9.46 Å². The van der Waals surface area contributed by atoms with E-state index in [0.717, 1.165) is 0 Å². The molecule has 0 aliphatic heterocycles. The van der Waals surface area contributed by atoms with Crippen LogP contribution in [0.4, 0.5) is 0 Å². The zero-order chi connectivity index (χ0) is 3.41. The van der Waals surface area contributed by atoms with Gasteiger partial charge in [0.2, 0.25) is 0 Å². The van der Waals surface area contributed by atoms with Gasteiger partial charge in [0.05, 0.1) is 0 Å². The molecule has 0 aromatic carbocycles. The van der Waals surface area contributed by atoms with Gasteiger partial charge in [0, 0.05) is 0 Å². The van der Waals surface area contributed by atoms with E-state index in [1.807, 2.05) is 0 Å². The molecule has 0 rings (SSSR count). The Morgan fingerprint density at radius 1 is 1.00 bits per heavy atom. The van der Waals surface area contributed by atoms with Crippen LogP contribution in [0.25, 0.3) is 0 Å². The Balaban J connectivity index is 3.14. The Bertz CT molecular complexity index is 59.0. The first-order valence-electron chi connectivity index (χ1n) is 0.628. The van der Waals surface area contributed by atoms with E-state index in [9.17, 15) is 0 Å². The third-order valence-electron chi connectivity index (χ3n) is 0.0357. The van der Waals surface area contributed by atoms with Gasteiger partial charge in [-0.2, -0.15) is 0 Å². The molecule has 0 amide bonds. The third-order valence-corrected chi connectivity index (χ3v) is 0.607. The molecule has 0 radical (unpaired) electrons. The summed E-state index contributed by atoms with van der Waals surface area (Å²) in [6.45, 7) is 0. The summed E-state index contributed by atoms with van der Waals surface area (Å²) >= 11 is 5.68. The summed E-state index contributed by atoms with van der Waals surface area (Å²) in [7, 11) is 0. The van der Waals surface area contributed by atoms with Crippen LogP contribution in [0.5, 0.6) is 0 Å². The molecule has 0 nitrogen and oxygen atoms in total. The standard InChI is InChI=1S/C2.2Mn/c1-2;;. The topological polar surface area (TPSA) is 0 Å². The minimum absolute atomic E-state index is 2.41. The van der Waals surface area contributed by atoms with Crippen LogP contribution in [-0.4, -0.2) is 0 Å². The van der Waals surface area contributed by atoms with Crippen molar-refractivity contribution in [1.29, 1.82) is 0 Å². The second kappa shape index (κ2) is 3.60. The first-order chi connectivity index (χ1) is 1.91. The summed E-state index contributed by atoms with van der Waals surface area (Å²) in [5.74, 6) is 0. The molecule has 0 aromatic heterocycles. The van der Waals surface area contributed by atoms with Gasteiger partial charge in [0.25, 0.3) is 0 Å². The fourth-order valence-electron chi connectivity index (χ4n) is 0. The molecule has 0 atom stereocenters. The molecule has 0 aliphatic carbocycles. The van der Waals surface area contributed by atoms with Gasteiger partial charge in [-0.3, -0.25) is 0 Å². The first-order valence-corrected chi connectivity index (χ1v) is 1.81. The van der Waals surface area contributed by atoms with E-state index in [-0.39, 0.29) is 0 Å². The van der Waals surface area contributed by atoms with E-state index in [1.54, 1.807) is 0 Å². The van der Waals surface area contributed by atoms with Crippen molar-refractivity contribution < 1.29 is 30.8 Å². The van der Waals surface area contributed by atoms with Crippen molar-refractivity contribution in [3.05, 3.63) is 0 Å². The zero-order valence-corrected chi connectivity index (χ0v) is 4.12. The van der Waals surface area contributed by atoms with E-state index >= 15 is 0 Å². The van der Waals surface area contributed by atoms with Crippen molar-refractivity contribution in [2.75, 3.05) is 0 Å². The van der Waals surface area contributed by atoms with Crippen LogP contribution in [0.3, 0.4) is 0 Å². The van der Waals surface area contributed by atoms with Gasteiger partial charge in [-0.15, -0.1) is 0 Å². The van der Waals surface area contributed by atoms with Crippen molar-refractivity contribution in [1.82, 2.24) is 0 Å². The fourth-order valence-corrected chi connectivity index (χ4v) is 0. The molecule has 22 valence electrons. The summed E-state index contributed by atoms with van der Waals surface area (Å²) in [5.41, 5.74) is 0. The molecular formula is C2Mn2. The third kappa shape index (κ3) is 2.60. The van der Waals surface area contributed by atoms with Gasteiger partial charge in [-0.05, 0) is 0 Å². The Morgan fingerprint density at radius 2 is 1.25 bits per heavy atom. The molecule has 0 N–H and O–H groups in total. The summed E-state index contributed by atoms with van der Waals surface area (Å²) in [6, 6.07) is 0. The molecule has 2 heteroatoms. The minimum atomic E-state index is 2.41. The predicted molar refractivity (Wildman–Crippen MR) is 7.78 cm³/mol. The van der Waals surface area contributed by atoms with Crippen LogP contribution in [-0.2, 0) is 30.8 Å². The number of hydrogen-bond donors (Lipinski definition) is 0. The Morgan fingerprint density at radius 3 is 1.25 bits per heavy atom. The summed E-state index contributed by atoms with van der Waals surface area (Å²) in [4.78, 5) is 0. The molecule has 0 saturated heterocycles. The van der Waals surface area contributed by atoms with Gasteiger partial charge in [-0.25, -0.2) is 0 Å². The zero-order valence-electron chi connectivity index (χ0n) is 1.76. The monoisotopic (exact) mass is 134 g/mol. The second-order valence-corrected chi connectivity index (χ2v) is 0.779. The predicted octanol–water partition coefficient (Wildman–Crippen LogP) is -0.00160. The molecule has 0 spiro atoms. The summed E-state index contributed by atoms with van der Waals surface area (Å²) < 4.78 is 4.82. The van der Waals surface area contributed by atoms with Gasteiger partial charge >= 0.3 is 40.2 Å². The molecule has 4 heavy (non-hydrogen) atoms. The van der Waals surface area contributed by atoms with Crippen molar-refractivity contribution in [3.63, 3.8) is 0 Å². The van der Waals surface area contributed by atoms with E-state index in [2.05, 4.69) is 40.2 Å². The fraction of sp³-hybridized carbons (Fsp3) is 0. The second-order valence-electron chi connectivity index (χ2n) is 0.189. The molecule has 0 bridgehead atoms. The molecule has 0 fully saturated rings. The molecule has 0 aromatic rings. The number of hydrogen-bond acceptors (Lipinski definition) is 0. The molecular weight excluding hydrogens is 134 g/mol. The van der Waals surface area contributed by atoms with Gasteiger partial charge in [-0.1, -0.05) is 0 Å². The van der Waals surface area contributed by atoms with Crippen LogP contribution in [0.15, 0.2) is 0 Å². The van der Waals surface area contributed by atoms with Crippen LogP contribution in [0.2, 0.25) is 0 Å². The van der Waals surface area contributed by atoms with E-state index < -0.39 is 0 Å². The van der Waals surface area contributed by atoms with Crippen LogP contribution < -0.4 is 0 Å². The van der Waals surface area contributed by atoms with Crippen molar-refractivity contribution in [2.24, 2.45) is 0 Å². The first kappa shape index (κ1) is 4.60. The Hall–Kier alpha value is 0.599. The average Bonchev–Trinajstić information content (AvgIpc) is 1.37. The van der Waals surface area contributed by atoms with Gasteiger partial charge in [0.1, 0.15) is 0 Å². The number of rotatable bonds is 0. The van der Waals surface area contributed by atoms with Crippen molar-refractivity contribution in [2.45, 2.75) is 0 Å². The maximum atomic E-state index is 2.84. The summed E-state index contributed by atoms with van der Waals surface area (Å²) in [6.07, 6.45) is 0. The quantitative estimate of drug-likeness (QED) is 0.409. The van der Waals surface area contributed by atoms with Crippen LogP contribution in [0.1, 0.15) is 0 Å². The van der Waals surface area contributed by atoms with Crippen LogP contribution in [0, 0.1) is 9.46 Å². The van der Waals surface area contributed by atoms with E-state index in [4.69, 9.17) is 0 Å². The normalized spacial score (nSPS) is 3.00. The van der Waals surface area contributed by atoms with Gasteiger partial charge in [0.15, 0.2) is 0 Å². The van der Waals surface area contributed by atoms with Crippen molar-refractivity contribution >= 4 is 0 Å². The average molecular weight is 134 g/mol. The molecule has 0 heterocycles. The van der Waals surface area contributed by atoms with E-state index in [1.165, 1.54) is 0 Å².